The molecule has 0 radical (unpaired) electrons. The van der Waals surface area contributed by atoms with Gasteiger partial charge in [-0.2, -0.15) is 9.98 Å². The van der Waals surface area contributed by atoms with E-state index in [9.17, 15) is 13.7 Å². The van der Waals surface area contributed by atoms with Gasteiger partial charge in [0.2, 0.25) is 10.0 Å². The molecule has 0 heterocycles. The molecule has 0 aromatic rings. The normalized spacial score (nSPS) is 33.0. The Labute approximate surface area is 110 Å². The van der Waals surface area contributed by atoms with Gasteiger partial charge in [-0.15, -0.1) is 0 Å². The molecule has 2 aliphatic carbocycles. The Balaban J connectivity index is 1.97. The van der Waals surface area contributed by atoms with Crippen molar-refractivity contribution in [3.63, 3.8) is 0 Å². The summed E-state index contributed by atoms with van der Waals surface area (Å²) in [6.07, 6.45) is 6.38. The molecule has 0 bridgehead atoms. The Morgan fingerprint density at radius 3 is 2.67 bits per heavy atom. The highest BCUT2D eigenvalue weighted by molar-refractivity contribution is 7.89. The molecule has 0 spiro atoms. The Morgan fingerprint density at radius 1 is 1.39 bits per heavy atom. The lowest BCUT2D eigenvalue weighted by molar-refractivity contribution is 0.270. The van der Waals surface area contributed by atoms with Crippen LogP contribution in [0.2, 0.25) is 0 Å². The number of nitrogens with one attached hydrogen (secondary N) is 1. The van der Waals surface area contributed by atoms with Crippen molar-refractivity contribution in [2.75, 3.05) is 5.75 Å². The Kier molecular flexibility index (Phi) is 3.98. The molecule has 0 aliphatic heterocycles. The monoisotopic (exact) mass is 270 g/mol. The second-order valence-corrected chi connectivity index (χ2v) is 7.89. The molecule has 2 fully saturated rings. The van der Waals surface area contributed by atoms with Gasteiger partial charge in [-0.1, -0.05) is 32.6 Å². The highest BCUT2D eigenvalue weighted by Crippen LogP contribution is 2.34. The van der Waals surface area contributed by atoms with Gasteiger partial charge in [0.15, 0.2) is 0 Å². The van der Waals surface area contributed by atoms with E-state index in [0.29, 0.717) is 24.7 Å². The molecule has 0 unspecified atom stereocenters. The predicted molar refractivity (Wildman–Crippen MR) is 70.2 cm³/mol. The summed E-state index contributed by atoms with van der Waals surface area (Å²) in [5, 5.41) is 9.34. The highest BCUT2D eigenvalue weighted by atomic mass is 32.2. The predicted octanol–water partition coefficient (Wildman–Crippen LogP) is 2.18. The molecule has 0 saturated heterocycles. The number of hydrogen-bond donors (Lipinski definition) is 1. The molecular weight excluding hydrogens is 248 g/mol. The van der Waals surface area contributed by atoms with Gasteiger partial charge < -0.3 is 0 Å². The Morgan fingerprint density at radius 2 is 2.11 bits per heavy atom. The number of hydrogen-bond acceptors (Lipinski definition) is 3. The molecule has 18 heavy (non-hydrogen) atoms. The summed E-state index contributed by atoms with van der Waals surface area (Å²) in [6.45, 7) is 2.09. The minimum Gasteiger partial charge on any atom is -0.212 e. The first-order chi connectivity index (χ1) is 8.45. The summed E-state index contributed by atoms with van der Waals surface area (Å²) in [7, 11) is -3.30. The zero-order valence-corrected chi connectivity index (χ0v) is 11.8. The third-order valence-corrected chi connectivity index (χ3v) is 5.53. The zero-order valence-electron chi connectivity index (χ0n) is 11.0. The molecule has 2 aliphatic rings. The molecule has 1 N–H and O–H groups in total. The van der Waals surface area contributed by atoms with Gasteiger partial charge in [0.05, 0.1) is 11.8 Å². The van der Waals surface area contributed by atoms with Crippen molar-refractivity contribution in [2.24, 2.45) is 11.8 Å². The quantitative estimate of drug-likeness (QED) is 0.832. The van der Waals surface area contributed by atoms with Crippen LogP contribution in [-0.2, 0) is 10.0 Å². The summed E-state index contributed by atoms with van der Waals surface area (Å²) >= 11 is 0. The van der Waals surface area contributed by atoms with Gasteiger partial charge in [-0.3, -0.25) is 0 Å². The van der Waals surface area contributed by atoms with E-state index < -0.39 is 15.6 Å². The summed E-state index contributed by atoms with van der Waals surface area (Å²) in [5.74, 6) is 1.20. The molecule has 2 atom stereocenters. The van der Waals surface area contributed by atoms with E-state index in [1.807, 2.05) is 0 Å². The van der Waals surface area contributed by atoms with Crippen molar-refractivity contribution in [1.29, 1.82) is 5.26 Å². The van der Waals surface area contributed by atoms with E-state index >= 15 is 0 Å². The number of sulfonamides is 1. The van der Waals surface area contributed by atoms with Crippen molar-refractivity contribution in [1.82, 2.24) is 4.72 Å². The van der Waals surface area contributed by atoms with E-state index in [0.717, 1.165) is 32.1 Å². The fourth-order valence-electron chi connectivity index (χ4n) is 2.85. The van der Waals surface area contributed by atoms with Crippen LogP contribution in [0.1, 0.15) is 51.9 Å². The third-order valence-electron chi connectivity index (χ3n) is 4.05. The van der Waals surface area contributed by atoms with Crippen molar-refractivity contribution in [2.45, 2.75) is 57.4 Å². The van der Waals surface area contributed by atoms with Crippen molar-refractivity contribution in [3.05, 3.63) is 0 Å². The lowest BCUT2D eigenvalue weighted by atomic mass is 9.78. The van der Waals surface area contributed by atoms with Crippen LogP contribution in [0.25, 0.3) is 0 Å². The summed E-state index contributed by atoms with van der Waals surface area (Å²) in [4.78, 5) is 0. The molecule has 0 amide bonds. The first-order valence-corrected chi connectivity index (χ1v) is 8.53. The third kappa shape index (κ3) is 3.69. The average Bonchev–Trinajstić information content (AvgIpc) is 3.10. The summed E-state index contributed by atoms with van der Waals surface area (Å²) in [5.41, 5.74) is -0.847. The van der Waals surface area contributed by atoms with Crippen LogP contribution >= 0.6 is 0 Å². The zero-order chi connectivity index (χ0) is 13.2. The molecule has 0 aromatic heterocycles. The smallest absolute Gasteiger partial charge is 0.212 e. The van der Waals surface area contributed by atoms with Crippen LogP contribution in [0.3, 0.4) is 0 Å². The minimum atomic E-state index is -3.30. The largest absolute Gasteiger partial charge is 0.212 e. The van der Waals surface area contributed by atoms with Crippen molar-refractivity contribution in [3.8, 4) is 6.07 Å². The van der Waals surface area contributed by atoms with E-state index in [-0.39, 0.29) is 5.75 Å². The average molecular weight is 270 g/mol. The molecule has 2 rings (SSSR count). The van der Waals surface area contributed by atoms with Crippen molar-refractivity contribution >= 4 is 10.0 Å². The lowest BCUT2D eigenvalue weighted by Gasteiger charge is -2.34. The fraction of sp³-hybridized carbons (Fsp3) is 0.923. The molecule has 0 aromatic carbocycles. The number of rotatable bonds is 5. The van der Waals surface area contributed by atoms with Crippen LogP contribution in [-0.4, -0.2) is 19.7 Å². The maximum absolute atomic E-state index is 12.0. The van der Waals surface area contributed by atoms with Gasteiger partial charge in [0, 0.05) is 0 Å². The molecule has 4 nitrogen and oxygen atoms in total. The minimum absolute atomic E-state index is 0.176. The first-order valence-electron chi connectivity index (χ1n) is 6.88. The molecule has 5 heteroatoms. The Hall–Kier alpha value is -0.600. The number of nitriles is 1. The van der Waals surface area contributed by atoms with Gasteiger partial charge in [-0.05, 0) is 31.1 Å². The first kappa shape index (κ1) is 13.8. The van der Waals surface area contributed by atoms with Gasteiger partial charge in [0.25, 0.3) is 0 Å². The van der Waals surface area contributed by atoms with Crippen LogP contribution in [0.15, 0.2) is 0 Å². The molecule has 2 saturated carbocycles. The van der Waals surface area contributed by atoms with Gasteiger partial charge in [-0.25, -0.2) is 8.42 Å². The molecule has 102 valence electrons. The Bertz CT molecular complexity index is 436. The maximum atomic E-state index is 12.0. The van der Waals surface area contributed by atoms with E-state index in [1.165, 1.54) is 0 Å². The van der Waals surface area contributed by atoms with E-state index in [1.54, 1.807) is 0 Å². The van der Waals surface area contributed by atoms with E-state index in [2.05, 4.69) is 17.7 Å². The van der Waals surface area contributed by atoms with Crippen LogP contribution in [0.4, 0.5) is 0 Å². The van der Waals surface area contributed by atoms with Gasteiger partial charge in [0.1, 0.15) is 5.54 Å². The van der Waals surface area contributed by atoms with E-state index in [4.69, 9.17) is 0 Å². The lowest BCUT2D eigenvalue weighted by Crippen LogP contribution is -2.50. The standard InChI is InChI=1S/C13H22N2O2S/c1-11-3-2-7-13(9-11,10-14)15-18(16,17)8-6-12-4-5-12/h11-12,15H,2-9H2,1H3/t11-,13+/m0/s1. The van der Waals surface area contributed by atoms with Crippen molar-refractivity contribution < 1.29 is 8.42 Å². The second kappa shape index (κ2) is 5.18. The van der Waals surface area contributed by atoms with Crippen LogP contribution in [0.5, 0.6) is 0 Å². The maximum Gasteiger partial charge on any atom is 0.212 e. The van der Waals surface area contributed by atoms with Crippen LogP contribution in [0, 0.1) is 23.2 Å². The van der Waals surface area contributed by atoms with Gasteiger partial charge >= 0.3 is 0 Å². The summed E-state index contributed by atoms with van der Waals surface area (Å²) in [6, 6.07) is 2.22. The SMILES string of the molecule is C[C@H]1CCC[C@@](C#N)(NS(=O)(=O)CCC2CC2)C1. The fourth-order valence-corrected chi connectivity index (χ4v) is 4.42. The summed E-state index contributed by atoms with van der Waals surface area (Å²) < 4.78 is 26.8. The number of nitrogens with zero attached hydrogens (tertiary/aromatic N) is 1. The molecular formula is C13H22N2O2S. The second-order valence-electron chi connectivity index (χ2n) is 6.05. The topological polar surface area (TPSA) is 70.0 Å². The highest BCUT2D eigenvalue weighted by Gasteiger charge is 2.38. The van der Waals surface area contributed by atoms with Crippen LogP contribution < -0.4 is 4.72 Å².